The van der Waals surface area contributed by atoms with Crippen LogP contribution in [0.15, 0.2) is 108 Å². The molecule has 4 aromatic rings. The normalized spacial score (nSPS) is 11.9. The molecule has 7 nitrogen and oxygen atoms in total. The van der Waals surface area contributed by atoms with Gasteiger partial charge in [-0.1, -0.05) is 98.3 Å². The second-order valence-electron chi connectivity index (χ2n) is 11.3. The van der Waals surface area contributed by atoms with Crippen LogP contribution in [0.3, 0.4) is 0 Å². The third-order valence-electron chi connectivity index (χ3n) is 8.16. The van der Waals surface area contributed by atoms with E-state index in [1.54, 1.807) is 35.2 Å². The number of hydrogen-bond acceptors (Lipinski definition) is 4. The zero-order chi connectivity index (χ0) is 32.4. The summed E-state index contributed by atoms with van der Waals surface area (Å²) in [5.41, 5.74) is 4.85. The lowest BCUT2D eigenvalue weighted by Gasteiger charge is -2.34. The number of aryl methyl sites for hydroxylation is 2. The molecule has 1 N–H and O–H groups in total. The minimum absolute atomic E-state index is 0.0855. The number of benzene rings is 4. The maximum atomic E-state index is 14.6. The molecule has 4 rings (SSSR count). The van der Waals surface area contributed by atoms with Crippen molar-refractivity contribution >= 4 is 27.5 Å². The third kappa shape index (κ3) is 8.39. The molecule has 2 amide bonds. The van der Waals surface area contributed by atoms with E-state index in [0.29, 0.717) is 12.2 Å². The van der Waals surface area contributed by atoms with Crippen LogP contribution in [0.1, 0.15) is 47.6 Å². The third-order valence-corrected chi connectivity index (χ3v) is 9.93. The Balaban J connectivity index is 1.82. The Bertz CT molecular complexity index is 1690. The van der Waals surface area contributed by atoms with E-state index in [2.05, 4.69) is 12.2 Å². The lowest BCUT2D eigenvalue weighted by molar-refractivity contribution is -0.140. The van der Waals surface area contributed by atoms with E-state index in [4.69, 9.17) is 0 Å². The molecule has 0 aliphatic rings. The van der Waals surface area contributed by atoms with Gasteiger partial charge < -0.3 is 10.2 Å². The number of sulfonamides is 1. The number of carbonyl (C=O) groups excluding carboxylic acids is 2. The molecule has 45 heavy (non-hydrogen) atoms. The van der Waals surface area contributed by atoms with Crippen LogP contribution in [-0.2, 0) is 32.6 Å². The molecule has 0 saturated heterocycles. The quantitative estimate of drug-likeness (QED) is 0.165. The highest BCUT2D eigenvalue weighted by Crippen LogP contribution is 2.29. The predicted octanol–water partition coefficient (Wildman–Crippen LogP) is 6.36. The number of anilines is 1. The Morgan fingerprint density at radius 2 is 1.40 bits per heavy atom. The fourth-order valence-electron chi connectivity index (χ4n) is 5.27. The first kappa shape index (κ1) is 33.5. The number of amides is 2. The SMILES string of the molecule is CCCCNC(=O)[C@H](Cc1ccccc1)N(Cc1ccccc1C)C(=O)CN(c1cccc(C)c1C)S(=O)(=O)c1ccccc1. The van der Waals surface area contributed by atoms with Crippen molar-refractivity contribution < 1.29 is 18.0 Å². The fraction of sp³-hybridized carbons (Fsp3) is 0.297. The van der Waals surface area contributed by atoms with Crippen molar-refractivity contribution in [2.45, 2.75) is 64.4 Å². The van der Waals surface area contributed by atoms with Crippen LogP contribution in [0, 0.1) is 20.8 Å². The number of nitrogens with one attached hydrogen (secondary N) is 1. The van der Waals surface area contributed by atoms with Gasteiger partial charge in [-0.25, -0.2) is 8.42 Å². The summed E-state index contributed by atoms with van der Waals surface area (Å²) in [6.45, 7) is 7.95. The predicted molar refractivity (Wildman–Crippen MR) is 180 cm³/mol. The summed E-state index contributed by atoms with van der Waals surface area (Å²) in [5, 5.41) is 3.03. The van der Waals surface area contributed by atoms with Crippen LogP contribution < -0.4 is 9.62 Å². The van der Waals surface area contributed by atoms with E-state index in [9.17, 15) is 18.0 Å². The zero-order valence-electron chi connectivity index (χ0n) is 26.6. The second kappa shape index (κ2) is 15.5. The van der Waals surface area contributed by atoms with Crippen molar-refractivity contribution in [1.29, 1.82) is 0 Å². The van der Waals surface area contributed by atoms with E-state index >= 15 is 0 Å². The Morgan fingerprint density at radius 3 is 2.07 bits per heavy atom. The Labute approximate surface area is 268 Å². The summed E-state index contributed by atoms with van der Waals surface area (Å²) in [4.78, 5) is 30.1. The molecule has 0 bridgehead atoms. The van der Waals surface area contributed by atoms with Gasteiger partial charge in [-0.2, -0.15) is 0 Å². The van der Waals surface area contributed by atoms with Gasteiger partial charge in [-0.05, 0) is 73.2 Å². The first-order chi connectivity index (χ1) is 21.6. The molecule has 0 spiro atoms. The molecular weight excluding hydrogens is 582 g/mol. The minimum Gasteiger partial charge on any atom is -0.354 e. The van der Waals surface area contributed by atoms with Crippen LogP contribution in [0.2, 0.25) is 0 Å². The molecule has 0 aromatic heterocycles. The average Bonchev–Trinajstić information content (AvgIpc) is 3.04. The smallest absolute Gasteiger partial charge is 0.264 e. The van der Waals surface area contributed by atoms with Crippen molar-refractivity contribution in [3.05, 3.63) is 131 Å². The molecule has 4 aromatic carbocycles. The molecule has 8 heteroatoms. The summed E-state index contributed by atoms with van der Waals surface area (Å²) in [7, 11) is -4.14. The van der Waals surface area contributed by atoms with Crippen molar-refractivity contribution in [3.8, 4) is 0 Å². The maximum Gasteiger partial charge on any atom is 0.264 e. The highest BCUT2D eigenvalue weighted by molar-refractivity contribution is 7.92. The Kier molecular flexibility index (Phi) is 11.5. The Hall–Kier alpha value is -4.43. The monoisotopic (exact) mass is 625 g/mol. The molecule has 1 atom stereocenters. The molecular formula is C37H43N3O4S. The van der Waals surface area contributed by atoms with Gasteiger partial charge in [-0.15, -0.1) is 0 Å². The lowest BCUT2D eigenvalue weighted by Crippen LogP contribution is -2.53. The molecule has 0 unspecified atom stereocenters. The second-order valence-corrected chi connectivity index (χ2v) is 13.2. The summed E-state index contributed by atoms with van der Waals surface area (Å²) >= 11 is 0. The summed E-state index contributed by atoms with van der Waals surface area (Å²) < 4.78 is 29.6. The molecule has 0 saturated carbocycles. The lowest BCUT2D eigenvalue weighted by atomic mass is 10.0. The van der Waals surface area contributed by atoms with Crippen LogP contribution >= 0.6 is 0 Å². The minimum atomic E-state index is -4.14. The molecule has 0 aliphatic heterocycles. The van der Waals surface area contributed by atoms with Crippen molar-refractivity contribution in [2.75, 3.05) is 17.4 Å². The first-order valence-corrected chi connectivity index (χ1v) is 16.9. The van der Waals surface area contributed by atoms with Crippen LogP contribution in [0.4, 0.5) is 5.69 Å². The van der Waals surface area contributed by atoms with Crippen molar-refractivity contribution in [2.24, 2.45) is 0 Å². The van der Waals surface area contributed by atoms with Gasteiger partial charge in [0, 0.05) is 19.5 Å². The fourth-order valence-corrected chi connectivity index (χ4v) is 6.76. The van der Waals surface area contributed by atoms with Gasteiger partial charge in [0.25, 0.3) is 10.0 Å². The molecule has 0 fully saturated rings. The van der Waals surface area contributed by atoms with Crippen LogP contribution in [0.5, 0.6) is 0 Å². The van der Waals surface area contributed by atoms with Gasteiger partial charge in [-0.3, -0.25) is 13.9 Å². The number of unbranched alkanes of at least 4 members (excludes halogenated alkanes) is 1. The summed E-state index contributed by atoms with van der Waals surface area (Å²) in [5.74, 6) is -0.733. The molecule has 236 valence electrons. The van der Waals surface area contributed by atoms with Gasteiger partial charge in [0.15, 0.2) is 0 Å². The van der Waals surface area contributed by atoms with Gasteiger partial charge in [0.05, 0.1) is 10.6 Å². The summed E-state index contributed by atoms with van der Waals surface area (Å²) in [6, 6.07) is 30.0. The first-order valence-electron chi connectivity index (χ1n) is 15.4. The van der Waals surface area contributed by atoms with Gasteiger partial charge >= 0.3 is 0 Å². The van der Waals surface area contributed by atoms with Crippen molar-refractivity contribution in [1.82, 2.24) is 10.2 Å². The highest BCUT2D eigenvalue weighted by atomic mass is 32.2. The van der Waals surface area contributed by atoms with Crippen molar-refractivity contribution in [3.63, 3.8) is 0 Å². The van der Waals surface area contributed by atoms with Crippen LogP contribution in [-0.4, -0.2) is 44.3 Å². The summed E-state index contributed by atoms with van der Waals surface area (Å²) in [6.07, 6.45) is 2.01. The molecule has 0 radical (unpaired) electrons. The zero-order valence-corrected chi connectivity index (χ0v) is 27.4. The Morgan fingerprint density at radius 1 is 0.778 bits per heavy atom. The number of rotatable bonds is 14. The molecule has 0 heterocycles. The van der Waals surface area contributed by atoms with E-state index < -0.39 is 28.5 Å². The number of carbonyl (C=O) groups is 2. The average molecular weight is 626 g/mol. The van der Waals surface area contributed by atoms with Crippen LogP contribution in [0.25, 0.3) is 0 Å². The maximum absolute atomic E-state index is 14.6. The standard InChI is InChI=1S/C37H43N3O4S/c1-5-6-24-38-37(42)35(25-31-18-9-7-10-19-31)39(26-32-20-14-13-16-29(32)3)36(41)27-40(34-23-15-17-28(2)30(34)4)45(43,44)33-21-11-8-12-22-33/h7-23,35H,5-6,24-27H2,1-4H3,(H,38,42)/t35-/m0/s1. The van der Waals surface area contributed by atoms with E-state index in [1.165, 1.54) is 16.4 Å². The van der Waals surface area contributed by atoms with E-state index in [1.807, 2.05) is 81.4 Å². The molecule has 0 aliphatic carbocycles. The topological polar surface area (TPSA) is 86.8 Å². The number of hydrogen-bond donors (Lipinski definition) is 1. The van der Waals surface area contributed by atoms with Gasteiger partial charge in [0.2, 0.25) is 11.8 Å². The van der Waals surface area contributed by atoms with Gasteiger partial charge in [0.1, 0.15) is 12.6 Å². The highest BCUT2D eigenvalue weighted by Gasteiger charge is 2.35. The van der Waals surface area contributed by atoms with E-state index in [-0.39, 0.29) is 23.8 Å². The largest absolute Gasteiger partial charge is 0.354 e. The number of nitrogens with zero attached hydrogens (tertiary/aromatic N) is 2. The van der Waals surface area contributed by atoms with E-state index in [0.717, 1.165) is 40.7 Å².